The van der Waals surface area contributed by atoms with Crippen molar-refractivity contribution < 1.29 is 9.47 Å². The number of halogens is 1. The molecule has 1 fully saturated rings. The molecule has 1 aromatic carbocycles. The van der Waals surface area contributed by atoms with Crippen molar-refractivity contribution in [2.24, 2.45) is 0 Å². The Morgan fingerprint density at radius 3 is 2.85 bits per heavy atom. The average Bonchev–Trinajstić information content (AvgIpc) is 3.26. The van der Waals surface area contributed by atoms with Gasteiger partial charge in [0.1, 0.15) is 0 Å². The summed E-state index contributed by atoms with van der Waals surface area (Å²) in [5.74, 6) is 3.63. The molecule has 0 aliphatic heterocycles. The molecule has 1 N–H and O–H groups in total. The molecule has 2 rings (SSSR count). The van der Waals surface area contributed by atoms with E-state index in [9.17, 15) is 0 Å². The van der Waals surface area contributed by atoms with E-state index in [1.54, 1.807) is 7.11 Å². The van der Waals surface area contributed by atoms with Gasteiger partial charge in [-0.2, -0.15) is 11.8 Å². The van der Waals surface area contributed by atoms with E-state index < -0.39 is 0 Å². The van der Waals surface area contributed by atoms with Crippen molar-refractivity contribution in [3.63, 3.8) is 0 Å². The molecule has 0 amide bonds. The molecule has 0 aromatic heterocycles. The highest BCUT2D eigenvalue weighted by Crippen LogP contribution is 2.35. The molecular formula is C15H22ClNO2S. The smallest absolute Gasteiger partial charge is 0.165 e. The molecule has 112 valence electrons. The number of hydrogen-bond acceptors (Lipinski definition) is 4. The summed E-state index contributed by atoms with van der Waals surface area (Å²) in [4.78, 5) is 0. The molecule has 20 heavy (non-hydrogen) atoms. The van der Waals surface area contributed by atoms with E-state index in [1.165, 1.54) is 12.8 Å². The Morgan fingerprint density at radius 2 is 2.20 bits per heavy atom. The minimum atomic E-state index is 0.656. The van der Waals surface area contributed by atoms with E-state index in [0.717, 1.165) is 29.4 Å². The van der Waals surface area contributed by atoms with E-state index in [1.807, 2.05) is 23.9 Å². The first-order valence-corrected chi connectivity index (χ1v) is 8.58. The summed E-state index contributed by atoms with van der Waals surface area (Å²) in [6.45, 7) is 3.61. The highest BCUT2D eigenvalue weighted by molar-refractivity contribution is 7.99. The molecule has 1 saturated carbocycles. The minimum absolute atomic E-state index is 0.656. The van der Waals surface area contributed by atoms with Gasteiger partial charge in [0.2, 0.25) is 0 Å². The zero-order valence-corrected chi connectivity index (χ0v) is 13.6. The topological polar surface area (TPSA) is 30.5 Å². The normalized spacial score (nSPS) is 14.3. The maximum atomic E-state index is 6.15. The van der Waals surface area contributed by atoms with Gasteiger partial charge in [-0.05, 0) is 24.7 Å². The van der Waals surface area contributed by atoms with Crippen molar-refractivity contribution >= 4 is 23.4 Å². The standard InChI is InChI=1S/C15H22ClNO2S/c1-3-20-7-6-19-15-11(10-17-13-4-5-13)8-12(16)9-14(15)18-2/h8-9,13,17H,3-7,10H2,1-2H3. The van der Waals surface area contributed by atoms with Crippen LogP contribution in [0, 0.1) is 0 Å². The fourth-order valence-corrected chi connectivity index (χ4v) is 2.68. The van der Waals surface area contributed by atoms with Gasteiger partial charge in [0.05, 0.1) is 13.7 Å². The first-order valence-electron chi connectivity index (χ1n) is 7.05. The van der Waals surface area contributed by atoms with E-state index >= 15 is 0 Å². The van der Waals surface area contributed by atoms with Crippen molar-refractivity contribution in [2.45, 2.75) is 32.4 Å². The summed E-state index contributed by atoms with van der Waals surface area (Å²) in [5, 5.41) is 4.18. The second-order valence-corrected chi connectivity index (χ2v) is 6.63. The molecule has 0 unspecified atom stereocenters. The lowest BCUT2D eigenvalue weighted by atomic mass is 10.2. The number of benzene rings is 1. The third kappa shape index (κ3) is 4.76. The van der Waals surface area contributed by atoms with Crippen LogP contribution in [0.4, 0.5) is 0 Å². The van der Waals surface area contributed by atoms with Crippen LogP contribution in [0.5, 0.6) is 11.5 Å². The Balaban J connectivity index is 2.06. The van der Waals surface area contributed by atoms with Gasteiger partial charge in [-0.3, -0.25) is 0 Å². The predicted molar refractivity (Wildman–Crippen MR) is 86.4 cm³/mol. The highest BCUT2D eigenvalue weighted by atomic mass is 35.5. The third-order valence-corrected chi connectivity index (χ3v) is 4.23. The summed E-state index contributed by atoms with van der Waals surface area (Å²) >= 11 is 8.02. The molecule has 0 atom stereocenters. The molecule has 0 heterocycles. The summed E-state index contributed by atoms with van der Waals surface area (Å²) in [6, 6.07) is 4.43. The molecular weight excluding hydrogens is 294 g/mol. The molecule has 0 spiro atoms. The largest absolute Gasteiger partial charge is 0.493 e. The lowest BCUT2D eigenvalue weighted by Gasteiger charge is -2.16. The van der Waals surface area contributed by atoms with Crippen molar-refractivity contribution in [3.05, 3.63) is 22.7 Å². The summed E-state index contributed by atoms with van der Waals surface area (Å²) in [7, 11) is 1.65. The average molecular weight is 316 g/mol. The van der Waals surface area contributed by atoms with Gasteiger partial charge < -0.3 is 14.8 Å². The lowest BCUT2D eigenvalue weighted by Crippen LogP contribution is -2.16. The lowest BCUT2D eigenvalue weighted by molar-refractivity contribution is 0.309. The molecule has 0 bridgehead atoms. The Labute approximate surface area is 130 Å². The van der Waals surface area contributed by atoms with Gasteiger partial charge in [-0.15, -0.1) is 0 Å². The first-order chi connectivity index (χ1) is 9.74. The van der Waals surface area contributed by atoms with E-state index in [-0.39, 0.29) is 0 Å². The van der Waals surface area contributed by atoms with Crippen LogP contribution in [0.1, 0.15) is 25.3 Å². The van der Waals surface area contributed by atoms with Crippen LogP contribution in [0.2, 0.25) is 5.02 Å². The maximum Gasteiger partial charge on any atom is 0.165 e. The Kier molecular flexibility index (Phi) is 6.33. The fraction of sp³-hybridized carbons (Fsp3) is 0.600. The van der Waals surface area contributed by atoms with E-state index in [4.69, 9.17) is 21.1 Å². The van der Waals surface area contributed by atoms with Crippen molar-refractivity contribution in [1.82, 2.24) is 5.32 Å². The van der Waals surface area contributed by atoms with Crippen LogP contribution in [-0.2, 0) is 6.54 Å². The van der Waals surface area contributed by atoms with Crippen molar-refractivity contribution in [1.29, 1.82) is 0 Å². The summed E-state index contributed by atoms with van der Waals surface area (Å²) in [6.07, 6.45) is 2.53. The number of hydrogen-bond donors (Lipinski definition) is 1. The van der Waals surface area contributed by atoms with Gasteiger partial charge in [0.15, 0.2) is 11.5 Å². The zero-order valence-electron chi connectivity index (χ0n) is 12.1. The summed E-state index contributed by atoms with van der Waals surface area (Å²) < 4.78 is 11.3. The van der Waals surface area contributed by atoms with Crippen molar-refractivity contribution in [2.75, 3.05) is 25.2 Å². The van der Waals surface area contributed by atoms with Gasteiger partial charge in [-0.1, -0.05) is 18.5 Å². The molecule has 3 nitrogen and oxygen atoms in total. The van der Waals surface area contributed by atoms with Gasteiger partial charge in [-0.25, -0.2) is 0 Å². The maximum absolute atomic E-state index is 6.15. The number of rotatable bonds is 9. The highest BCUT2D eigenvalue weighted by Gasteiger charge is 2.21. The fourth-order valence-electron chi connectivity index (χ4n) is 1.96. The molecule has 0 saturated heterocycles. The van der Waals surface area contributed by atoms with Crippen LogP contribution < -0.4 is 14.8 Å². The molecule has 0 radical (unpaired) electrons. The third-order valence-electron chi connectivity index (χ3n) is 3.15. The van der Waals surface area contributed by atoms with Crippen LogP contribution in [-0.4, -0.2) is 31.3 Å². The number of nitrogens with one attached hydrogen (secondary N) is 1. The van der Waals surface area contributed by atoms with Crippen LogP contribution in [0.25, 0.3) is 0 Å². The SMILES string of the molecule is CCSCCOc1c(CNC2CC2)cc(Cl)cc1OC. The molecule has 5 heteroatoms. The Morgan fingerprint density at radius 1 is 1.40 bits per heavy atom. The second-order valence-electron chi connectivity index (χ2n) is 4.80. The minimum Gasteiger partial charge on any atom is -0.493 e. The van der Waals surface area contributed by atoms with Crippen LogP contribution in [0.3, 0.4) is 0 Å². The second kappa shape index (κ2) is 8.01. The monoisotopic (exact) mass is 315 g/mol. The predicted octanol–water partition coefficient (Wildman–Crippen LogP) is 3.73. The van der Waals surface area contributed by atoms with E-state index in [2.05, 4.69) is 12.2 Å². The molecule has 1 aromatic rings. The Hall–Kier alpha value is -0.580. The van der Waals surface area contributed by atoms with Gasteiger partial charge in [0.25, 0.3) is 0 Å². The number of ether oxygens (including phenoxy) is 2. The van der Waals surface area contributed by atoms with Gasteiger partial charge in [0, 0.05) is 35.0 Å². The van der Waals surface area contributed by atoms with Gasteiger partial charge >= 0.3 is 0 Å². The van der Waals surface area contributed by atoms with Crippen LogP contribution in [0.15, 0.2) is 12.1 Å². The Bertz CT molecular complexity index is 438. The number of thioether (sulfide) groups is 1. The quantitative estimate of drug-likeness (QED) is 0.703. The first kappa shape index (κ1) is 15.8. The van der Waals surface area contributed by atoms with Crippen molar-refractivity contribution in [3.8, 4) is 11.5 Å². The zero-order chi connectivity index (χ0) is 14.4. The number of methoxy groups -OCH3 is 1. The molecule has 1 aliphatic carbocycles. The molecule has 1 aliphatic rings. The summed E-state index contributed by atoms with van der Waals surface area (Å²) in [5.41, 5.74) is 1.07. The van der Waals surface area contributed by atoms with E-state index in [0.29, 0.717) is 23.4 Å². The van der Waals surface area contributed by atoms with Crippen LogP contribution >= 0.6 is 23.4 Å².